The minimum atomic E-state index is 0. The van der Waals surface area contributed by atoms with E-state index < -0.39 is 0 Å². The average molecular weight is 452 g/mol. The predicted molar refractivity (Wildman–Crippen MR) is 127 cm³/mol. The fourth-order valence-electron chi connectivity index (χ4n) is 2.68. The third-order valence-electron chi connectivity index (χ3n) is 3.71. The molecule has 0 saturated carbocycles. The van der Waals surface area contributed by atoms with E-state index in [1.54, 1.807) is 0 Å². The number of benzene rings is 1. The monoisotopic (exact) mass is 452 g/mol. The molecule has 1 radical (unpaired) electrons. The van der Waals surface area contributed by atoms with Crippen molar-refractivity contribution in [1.29, 1.82) is 0 Å². The van der Waals surface area contributed by atoms with Crippen LogP contribution in [0.3, 0.4) is 0 Å². The van der Waals surface area contributed by atoms with Crippen LogP contribution in [0.4, 0.5) is 0 Å². The molecule has 2 aromatic rings. The molecule has 0 atom stereocenters. The largest absolute Gasteiger partial charge is 0.310 e. The Kier molecular flexibility index (Phi) is 17.0. The third-order valence-corrected chi connectivity index (χ3v) is 3.71. The topological polar surface area (TPSA) is 4.93 Å². The first-order chi connectivity index (χ1) is 13.1. The zero-order valence-electron chi connectivity index (χ0n) is 18.9. The Morgan fingerprint density at radius 3 is 2.14 bits per heavy atom. The molecule has 1 aromatic heterocycles. The molecule has 1 nitrogen and oxygen atoms in total. The molecule has 28 heavy (non-hydrogen) atoms. The van der Waals surface area contributed by atoms with Crippen LogP contribution in [0, 0.1) is 6.92 Å². The third kappa shape index (κ3) is 7.53. The molecule has 0 spiro atoms. The van der Waals surface area contributed by atoms with Crippen LogP contribution in [0.15, 0.2) is 61.2 Å². The number of hydrogen-bond donors (Lipinski definition) is 0. The molecular weight excluding hydrogens is 415 g/mol. The van der Waals surface area contributed by atoms with Crippen LogP contribution < -0.4 is 10.6 Å². The molecule has 1 heterocycles. The van der Waals surface area contributed by atoms with Gasteiger partial charge in [0.05, 0.1) is 5.52 Å². The summed E-state index contributed by atoms with van der Waals surface area (Å²) in [5.74, 6) is 0. The molecule has 0 aliphatic heterocycles. The molecule has 0 saturated heterocycles. The number of fused-ring (bicyclic) bond motifs is 1. The summed E-state index contributed by atoms with van der Waals surface area (Å²) in [5.41, 5.74) is 3.46. The maximum Gasteiger partial charge on any atom is 0.0569 e. The van der Waals surface area contributed by atoms with Gasteiger partial charge in [0.2, 0.25) is 0 Å². The first-order valence-corrected chi connectivity index (χ1v) is 9.94. The van der Waals surface area contributed by atoms with Gasteiger partial charge in [-0.3, -0.25) is 0 Å². The Balaban J connectivity index is 0. The maximum atomic E-state index is 4.31. The van der Waals surface area contributed by atoms with Crippen molar-refractivity contribution in [2.24, 2.45) is 0 Å². The van der Waals surface area contributed by atoms with E-state index in [-0.39, 0.29) is 32.7 Å². The van der Waals surface area contributed by atoms with Gasteiger partial charge in [-0.1, -0.05) is 95.9 Å². The zero-order chi connectivity index (χ0) is 20.8. The summed E-state index contributed by atoms with van der Waals surface area (Å²) in [6.45, 7) is 22.7. The van der Waals surface area contributed by atoms with E-state index >= 15 is 0 Å². The standard InChI is InChI=1S/C21H23N.C3H8.C2H6.Y/c1-6-9-13-18(8-3)22-17(5)19(14-10-7-2)20-15-11-12-16(4)21(20)22;1-3-2;1-2;/h6-15H,3,5H2,1-2,4H3;3H2,1-2H3;1-2H3;/b9-6-,10-7-,18-13+,19-14+;;;. The van der Waals surface area contributed by atoms with Crippen LogP contribution >= 0.6 is 0 Å². The Labute approximate surface area is 197 Å². The van der Waals surface area contributed by atoms with Crippen molar-refractivity contribution in [3.63, 3.8) is 0 Å². The predicted octanol–water partition coefficient (Wildman–Crippen LogP) is 6.76. The molecule has 0 fully saturated rings. The van der Waals surface area contributed by atoms with Crippen LogP contribution in [0.5, 0.6) is 0 Å². The number of hydrogen-bond acceptors (Lipinski definition) is 0. The molecular formula is C26H37NY. The SMILES string of the molecule is C=C/C(=C\C=C/C)n1c(=C)/c(=C\C=C/C)c2cccc(C)c21.CC.CCC.[Y]. The van der Waals surface area contributed by atoms with Crippen molar-refractivity contribution in [2.75, 3.05) is 0 Å². The van der Waals surface area contributed by atoms with Crippen LogP contribution in [0.1, 0.15) is 53.5 Å². The first kappa shape index (κ1) is 28.8. The number of aryl methyl sites for hydroxylation is 1. The van der Waals surface area contributed by atoms with Crippen molar-refractivity contribution in [2.45, 2.75) is 54.9 Å². The average Bonchev–Trinajstić information content (AvgIpc) is 2.96. The molecule has 0 aliphatic rings. The molecule has 149 valence electrons. The van der Waals surface area contributed by atoms with Gasteiger partial charge < -0.3 is 4.57 Å². The van der Waals surface area contributed by atoms with Gasteiger partial charge in [0.25, 0.3) is 0 Å². The van der Waals surface area contributed by atoms with E-state index in [1.807, 2.05) is 52.0 Å². The molecule has 0 unspecified atom stereocenters. The van der Waals surface area contributed by atoms with Crippen LogP contribution in [-0.4, -0.2) is 4.57 Å². The number of rotatable bonds is 4. The fraction of sp³-hybridized carbons (Fsp3) is 0.308. The Bertz CT molecular complexity index is 908. The van der Waals surface area contributed by atoms with Crippen LogP contribution in [0.25, 0.3) is 29.3 Å². The molecule has 0 aliphatic carbocycles. The summed E-state index contributed by atoms with van der Waals surface area (Å²) in [6.07, 6.45) is 15.4. The smallest absolute Gasteiger partial charge is 0.0569 e. The number of nitrogens with zero attached hydrogens (tertiary/aromatic N) is 1. The summed E-state index contributed by atoms with van der Waals surface area (Å²) < 4.78 is 2.19. The molecule has 0 amide bonds. The van der Waals surface area contributed by atoms with Gasteiger partial charge in [0.1, 0.15) is 0 Å². The van der Waals surface area contributed by atoms with Crippen molar-refractivity contribution in [3.05, 3.63) is 77.4 Å². The Morgan fingerprint density at radius 2 is 1.64 bits per heavy atom. The van der Waals surface area contributed by atoms with E-state index in [1.165, 1.54) is 22.9 Å². The zero-order valence-corrected chi connectivity index (χ0v) is 21.8. The molecule has 2 rings (SSSR count). The van der Waals surface area contributed by atoms with Crippen molar-refractivity contribution in [3.8, 4) is 0 Å². The van der Waals surface area contributed by atoms with E-state index in [0.29, 0.717) is 0 Å². The van der Waals surface area contributed by atoms with Crippen LogP contribution in [0.2, 0.25) is 0 Å². The van der Waals surface area contributed by atoms with Crippen molar-refractivity contribution >= 4 is 29.3 Å². The fourth-order valence-corrected chi connectivity index (χ4v) is 2.68. The second kappa shape index (κ2) is 16.5. The van der Waals surface area contributed by atoms with Gasteiger partial charge in [-0.2, -0.15) is 0 Å². The van der Waals surface area contributed by atoms with Gasteiger partial charge in [0, 0.05) is 54.4 Å². The van der Waals surface area contributed by atoms with Gasteiger partial charge in [-0.25, -0.2) is 0 Å². The number of allylic oxidation sites excluding steroid dienone is 7. The Hall–Kier alpha value is -1.44. The number of aromatic nitrogens is 1. The van der Waals surface area contributed by atoms with Gasteiger partial charge in [-0.15, -0.1) is 0 Å². The van der Waals surface area contributed by atoms with Gasteiger partial charge >= 0.3 is 0 Å². The van der Waals surface area contributed by atoms with Crippen LogP contribution in [-0.2, 0) is 32.7 Å². The minimum Gasteiger partial charge on any atom is -0.310 e. The second-order valence-corrected chi connectivity index (χ2v) is 5.89. The Morgan fingerprint density at radius 1 is 1.07 bits per heavy atom. The quantitative estimate of drug-likeness (QED) is 0.452. The van der Waals surface area contributed by atoms with Gasteiger partial charge in [0.15, 0.2) is 0 Å². The first-order valence-electron chi connectivity index (χ1n) is 9.94. The van der Waals surface area contributed by atoms with Crippen molar-refractivity contribution < 1.29 is 32.7 Å². The van der Waals surface area contributed by atoms with Gasteiger partial charge in [-0.05, 0) is 38.5 Å². The van der Waals surface area contributed by atoms with Crippen molar-refractivity contribution in [1.82, 2.24) is 4.57 Å². The minimum absolute atomic E-state index is 0. The van der Waals surface area contributed by atoms with E-state index in [9.17, 15) is 0 Å². The summed E-state index contributed by atoms with van der Waals surface area (Å²) in [4.78, 5) is 0. The maximum absolute atomic E-state index is 4.31. The summed E-state index contributed by atoms with van der Waals surface area (Å²) >= 11 is 0. The normalized spacial score (nSPS) is 11.7. The second-order valence-electron chi connectivity index (χ2n) is 5.89. The van der Waals surface area contributed by atoms with E-state index in [4.69, 9.17) is 0 Å². The summed E-state index contributed by atoms with van der Waals surface area (Å²) in [6, 6.07) is 6.38. The molecule has 0 N–H and O–H groups in total. The molecule has 2 heteroatoms. The van der Waals surface area contributed by atoms with E-state index in [0.717, 1.165) is 16.3 Å². The summed E-state index contributed by atoms with van der Waals surface area (Å²) in [5, 5.41) is 3.36. The molecule has 1 aromatic carbocycles. The summed E-state index contributed by atoms with van der Waals surface area (Å²) in [7, 11) is 0. The number of para-hydroxylation sites is 1. The van der Waals surface area contributed by atoms with E-state index in [2.05, 4.69) is 74.9 Å². The molecule has 0 bridgehead atoms.